The second-order valence-corrected chi connectivity index (χ2v) is 4.41. The first-order valence-corrected chi connectivity index (χ1v) is 5.76. The van der Waals surface area contributed by atoms with Gasteiger partial charge in [0, 0.05) is 7.05 Å². The van der Waals surface area contributed by atoms with Crippen molar-refractivity contribution in [2.45, 2.75) is 27.4 Å². The van der Waals surface area contributed by atoms with Crippen LogP contribution < -0.4 is 4.74 Å². The molecule has 1 aromatic heterocycles. The molecule has 0 saturated carbocycles. The molecule has 90 valence electrons. The third-order valence-electron chi connectivity index (χ3n) is 2.87. The SMILES string of the molecule is Cc1cc(COc2c(C)cccc2C)n(C)n1. The van der Waals surface area contributed by atoms with E-state index in [-0.39, 0.29) is 0 Å². The van der Waals surface area contributed by atoms with Gasteiger partial charge in [-0.25, -0.2) is 0 Å². The first kappa shape index (κ1) is 11.7. The molecule has 0 amide bonds. The highest BCUT2D eigenvalue weighted by Crippen LogP contribution is 2.23. The molecule has 0 aliphatic carbocycles. The van der Waals surface area contributed by atoms with Gasteiger partial charge < -0.3 is 4.74 Å². The minimum atomic E-state index is 0.559. The zero-order chi connectivity index (χ0) is 12.4. The molecule has 1 aromatic carbocycles. The number of aryl methyl sites for hydroxylation is 4. The van der Waals surface area contributed by atoms with Crippen molar-refractivity contribution in [3.8, 4) is 5.75 Å². The predicted molar refractivity (Wildman–Crippen MR) is 68.2 cm³/mol. The summed E-state index contributed by atoms with van der Waals surface area (Å²) in [7, 11) is 1.94. The minimum Gasteiger partial charge on any atom is -0.487 e. The van der Waals surface area contributed by atoms with Crippen molar-refractivity contribution >= 4 is 0 Å². The lowest BCUT2D eigenvalue weighted by atomic mass is 10.1. The van der Waals surface area contributed by atoms with Gasteiger partial charge in [0.05, 0.1) is 11.4 Å². The van der Waals surface area contributed by atoms with Gasteiger partial charge in [0.1, 0.15) is 12.4 Å². The molecule has 1 heterocycles. The molecular formula is C14H18N2O. The van der Waals surface area contributed by atoms with Gasteiger partial charge in [0.25, 0.3) is 0 Å². The maximum absolute atomic E-state index is 5.89. The highest BCUT2D eigenvalue weighted by molar-refractivity contribution is 5.39. The number of ether oxygens (including phenoxy) is 1. The molecule has 0 bridgehead atoms. The summed E-state index contributed by atoms with van der Waals surface area (Å²) in [6, 6.07) is 8.23. The van der Waals surface area contributed by atoms with Crippen LogP contribution in [0.25, 0.3) is 0 Å². The summed E-state index contributed by atoms with van der Waals surface area (Å²) in [6.07, 6.45) is 0. The van der Waals surface area contributed by atoms with Crippen molar-refractivity contribution in [1.29, 1.82) is 0 Å². The van der Waals surface area contributed by atoms with Crippen LogP contribution in [0.15, 0.2) is 24.3 Å². The van der Waals surface area contributed by atoms with Gasteiger partial charge in [-0.15, -0.1) is 0 Å². The second kappa shape index (κ2) is 4.62. The number of nitrogens with zero attached hydrogens (tertiary/aromatic N) is 2. The summed E-state index contributed by atoms with van der Waals surface area (Å²) >= 11 is 0. The molecule has 0 N–H and O–H groups in total. The zero-order valence-corrected chi connectivity index (χ0v) is 10.8. The quantitative estimate of drug-likeness (QED) is 0.810. The average Bonchev–Trinajstić information content (AvgIpc) is 2.57. The van der Waals surface area contributed by atoms with Crippen LogP contribution in [-0.4, -0.2) is 9.78 Å². The first-order chi connectivity index (χ1) is 8.08. The number of hydrogen-bond donors (Lipinski definition) is 0. The summed E-state index contributed by atoms with van der Waals surface area (Å²) < 4.78 is 7.75. The lowest BCUT2D eigenvalue weighted by molar-refractivity contribution is 0.291. The second-order valence-electron chi connectivity index (χ2n) is 4.41. The highest BCUT2D eigenvalue weighted by Gasteiger charge is 2.06. The standard InChI is InChI=1S/C14H18N2O/c1-10-6-5-7-11(2)14(10)17-9-13-8-12(3)15-16(13)4/h5-8H,9H2,1-4H3. The van der Waals surface area contributed by atoms with Crippen LogP contribution in [0.4, 0.5) is 0 Å². The Hall–Kier alpha value is -1.77. The molecule has 0 fully saturated rings. The Kier molecular flexibility index (Phi) is 3.18. The largest absolute Gasteiger partial charge is 0.487 e. The molecule has 2 rings (SSSR count). The first-order valence-electron chi connectivity index (χ1n) is 5.76. The van der Waals surface area contributed by atoms with E-state index in [0.717, 1.165) is 17.1 Å². The summed E-state index contributed by atoms with van der Waals surface area (Å²) in [5.41, 5.74) is 4.45. The molecule has 0 unspecified atom stereocenters. The summed E-state index contributed by atoms with van der Waals surface area (Å²) in [6.45, 7) is 6.68. The lowest BCUT2D eigenvalue weighted by Crippen LogP contribution is -2.04. The fourth-order valence-electron chi connectivity index (χ4n) is 1.97. The fourth-order valence-corrected chi connectivity index (χ4v) is 1.97. The fraction of sp³-hybridized carbons (Fsp3) is 0.357. The Bertz CT molecular complexity index is 509. The third kappa shape index (κ3) is 2.49. The lowest BCUT2D eigenvalue weighted by Gasteiger charge is -2.11. The summed E-state index contributed by atoms with van der Waals surface area (Å²) in [4.78, 5) is 0. The van der Waals surface area contributed by atoms with Crippen LogP contribution in [0.2, 0.25) is 0 Å². The van der Waals surface area contributed by atoms with Crippen LogP contribution >= 0.6 is 0 Å². The monoisotopic (exact) mass is 230 g/mol. The van der Waals surface area contributed by atoms with E-state index in [2.05, 4.69) is 31.1 Å². The maximum atomic E-state index is 5.89. The van der Waals surface area contributed by atoms with Gasteiger partial charge in [-0.05, 0) is 38.0 Å². The van der Waals surface area contributed by atoms with Gasteiger partial charge >= 0.3 is 0 Å². The van der Waals surface area contributed by atoms with Crippen molar-refractivity contribution < 1.29 is 4.74 Å². The molecule has 0 saturated heterocycles. The average molecular weight is 230 g/mol. The van der Waals surface area contributed by atoms with Gasteiger partial charge in [-0.1, -0.05) is 18.2 Å². The minimum absolute atomic E-state index is 0.559. The number of hydrogen-bond acceptors (Lipinski definition) is 2. The molecule has 3 heteroatoms. The van der Waals surface area contributed by atoms with Crippen molar-refractivity contribution in [2.24, 2.45) is 7.05 Å². The number of para-hydroxylation sites is 1. The normalized spacial score (nSPS) is 10.6. The van der Waals surface area contributed by atoms with E-state index in [9.17, 15) is 0 Å². The summed E-state index contributed by atoms with van der Waals surface area (Å²) in [5.74, 6) is 0.978. The van der Waals surface area contributed by atoms with E-state index in [4.69, 9.17) is 4.74 Å². The molecule has 2 aromatic rings. The number of rotatable bonds is 3. The van der Waals surface area contributed by atoms with Crippen molar-refractivity contribution in [3.63, 3.8) is 0 Å². The Labute approximate surface area is 102 Å². The number of aromatic nitrogens is 2. The van der Waals surface area contributed by atoms with E-state index in [1.54, 1.807) is 0 Å². The van der Waals surface area contributed by atoms with Gasteiger partial charge in [0.15, 0.2) is 0 Å². The van der Waals surface area contributed by atoms with Crippen molar-refractivity contribution in [3.05, 3.63) is 46.8 Å². The predicted octanol–water partition coefficient (Wildman–Crippen LogP) is 2.92. The topological polar surface area (TPSA) is 27.1 Å². The Morgan fingerprint density at radius 1 is 1.18 bits per heavy atom. The molecule has 0 aliphatic heterocycles. The molecular weight excluding hydrogens is 212 g/mol. The van der Waals surface area contributed by atoms with Crippen LogP contribution in [0.1, 0.15) is 22.5 Å². The smallest absolute Gasteiger partial charge is 0.130 e. The summed E-state index contributed by atoms with van der Waals surface area (Å²) in [5, 5.41) is 4.30. The molecule has 0 spiro atoms. The molecule has 0 aliphatic rings. The van der Waals surface area contributed by atoms with Gasteiger partial charge in [-0.2, -0.15) is 5.10 Å². The molecule has 0 atom stereocenters. The Morgan fingerprint density at radius 2 is 1.82 bits per heavy atom. The van der Waals surface area contributed by atoms with Crippen LogP contribution in [0.3, 0.4) is 0 Å². The van der Waals surface area contributed by atoms with E-state index in [1.165, 1.54) is 11.1 Å². The molecule has 0 radical (unpaired) electrons. The van der Waals surface area contributed by atoms with E-state index < -0.39 is 0 Å². The van der Waals surface area contributed by atoms with Crippen molar-refractivity contribution in [2.75, 3.05) is 0 Å². The Balaban J connectivity index is 2.15. The molecule has 17 heavy (non-hydrogen) atoms. The van der Waals surface area contributed by atoms with Crippen molar-refractivity contribution in [1.82, 2.24) is 9.78 Å². The third-order valence-corrected chi connectivity index (χ3v) is 2.87. The van der Waals surface area contributed by atoms with E-state index >= 15 is 0 Å². The molecule has 3 nitrogen and oxygen atoms in total. The zero-order valence-electron chi connectivity index (χ0n) is 10.8. The van der Waals surface area contributed by atoms with Crippen LogP contribution in [0.5, 0.6) is 5.75 Å². The van der Waals surface area contributed by atoms with Gasteiger partial charge in [0.2, 0.25) is 0 Å². The van der Waals surface area contributed by atoms with E-state index in [0.29, 0.717) is 6.61 Å². The Morgan fingerprint density at radius 3 is 2.35 bits per heavy atom. The maximum Gasteiger partial charge on any atom is 0.130 e. The van der Waals surface area contributed by atoms with Crippen LogP contribution in [-0.2, 0) is 13.7 Å². The highest BCUT2D eigenvalue weighted by atomic mass is 16.5. The van der Waals surface area contributed by atoms with E-state index in [1.807, 2.05) is 30.8 Å². The van der Waals surface area contributed by atoms with Gasteiger partial charge in [-0.3, -0.25) is 4.68 Å². The van der Waals surface area contributed by atoms with Crippen LogP contribution in [0, 0.1) is 20.8 Å². The number of benzene rings is 1.